The number of nitrogens with one attached hydrogen (secondary N) is 1. The van der Waals surface area contributed by atoms with Gasteiger partial charge < -0.3 is 15.2 Å². The maximum atomic E-state index is 13.2. The predicted octanol–water partition coefficient (Wildman–Crippen LogP) is 4.81. The number of hydrogen-bond donors (Lipinski definition) is 2. The number of carbonyl (C=O) groups is 3. The first-order chi connectivity index (χ1) is 14.7. The Kier molecular flexibility index (Phi) is 5.64. The van der Waals surface area contributed by atoms with Gasteiger partial charge in [0.1, 0.15) is 10.6 Å². The molecule has 164 valence electrons. The highest BCUT2D eigenvalue weighted by Crippen LogP contribution is 2.53. The number of carbonyl (C=O) groups excluding carboxylic acids is 2. The number of rotatable bonds is 5. The normalized spacial score (nSPS) is 24.3. The lowest BCUT2D eigenvalue weighted by Crippen LogP contribution is -2.37. The minimum Gasteiger partial charge on any atom is -0.481 e. The molecular weight excluding hydrogens is 414 g/mol. The van der Waals surface area contributed by atoms with Gasteiger partial charge in [0.15, 0.2) is 0 Å². The number of amides is 1. The molecule has 2 bridgehead atoms. The molecule has 0 aliphatic heterocycles. The van der Waals surface area contributed by atoms with E-state index in [4.69, 9.17) is 4.74 Å². The van der Waals surface area contributed by atoms with E-state index in [1.165, 1.54) is 18.4 Å². The molecule has 2 aromatic rings. The third kappa shape index (κ3) is 3.65. The van der Waals surface area contributed by atoms with E-state index in [0.29, 0.717) is 10.6 Å². The second-order valence-corrected chi connectivity index (χ2v) is 9.98. The van der Waals surface area contributed by atoms with Gasteiger partial charge in [0.25, 0.3) is 0 Å². The van der Waals surface area contributed by atoms with Crippen molar-refractivity contribution >= 4 is 34.2 Å². The molecule has 0 unspecified atom stereocenters. The van der Waals surface area contributed by atoms with Crippen LogP contribution in [0.1, 0.15) is 45.6 Å². The van der Waals surface area contributed by atoms with Gasteiger partial charge in [0, 0.05) is 10.4 Å². The summed E-state index contributed by atoms with van der Waals surface area (Å²) >= 11 is 1.33. The van der Waals surface area contributed by atoms with Crippen LogP contribution in [0.3, 0.4) is 0 Å². The van der Waals surface area contributed by atoms with Crippen LogP contribution < -0.4 is 5.32 Å². The average molecular weight is 442 g/mol. The van der Waals surface area contributed by atoms with Gasteiger partial charge in [0.05, 0.1) is 18.9 Å². The van der Waals surface area contributed by atoms with Crippen molar-refractivity contribution in [3.8, 4) is 11.1 Å². The molecule has 1 aromatic heterocycles. The second kappa shape index (κ2) is 8.11. The Morgan fingerprint density at radius 1 is 1.10 bits per heavy atom. The summed E-state index contributed by atoms with van der Waals surface area (Å²) in [6.07, 6.45) is 2.54. The molecule has 2 aliphatic carbocycles. The number of esters is 1. The Morgan fingerprint density at radius 3 is 2.42 bits per heavy atom. The quantitative estimate of drug-likeness (QED) is 0.650. The van der Waals surface area contributed by atoms with Crippen LogP contribution in [0.25, 0.3) is 11.1 Å². The van der Waals surface area contributed by atoms with Gasteiger partial charge in [-0.3, -0.25) is 9.59 Å². The molecule has 7 heteroatoms. The number of benzene rings is 1. The summed E-state index contributed by atoms with van der Waals surface area (Å²) in [5.41, 5.74) is 4.11. The SMILES string of the molecule is COC(=O)c1c(NC(=O)[C@@H]2[C@@H]3CC[C@@H](C3)[C@@H]2C(=O)O)sc(C)c1-c1cc(C)ccc1C. The van der Waals surface area contributed by atoms with Gasteiger partial charge >= 0.3 is 11.9 Å². The van der Waals surface area contributed by atoms with Gasteiger partial charge in [0.2, 0.25) is 5.91 Å². The lowest BCUT2D eigenvalue weighted by atomic mass is 9.78. The van der Waals surface area contributed by atoms with Crippen LogP contribution in [-0.4, -0.2) is 30.1 Å². The van der Waals surface area contributed by atoms with Crippen molar-refractivity contribution in [3.05, 3.63) is 39.8 Å². The zero-order chi connectivity index (χ0) is 22.4. The van der Waals surface area contributed by atoms with E-state index < -0.39 is 23.8 Å². The Hall–Kier alpha value is -2.67. The first kappa shape index (κ1) is 21.6. The molecule has 4 atom stereocenters. The number of fused-ring (bicyclic) bond motifs is 2. The molecule has 1 heterocycles. The number of hydrogen-bond acceptors (Lipinski definition) is 5. The molecular formula is C24H27NO5S. The highest BCUT2D eigenvalue weighted by molar-refractivity contribution is 7.17. The highest BCUT2D eigenvalue weighted by Gasteiger charge is 2.54. The molecule has 0 saturated heterocycles. The average Bonchev–Trinajstić information content (AvgIpc) is 3.42. The Balaban J connectivity index is 1.74. The molecule has 31 heavy (non-hydrogen) atoms. The monoisotopic (exact) mass is 441 g/mol. The number of thiophene rings is 1. The van der Waals surface area contributed by atoms with E-state index in [1.807, 2.05) is 39.0 Å². The number of carboxylic acid groups (broad SMARTS) is 1. The van der Waals surface area contributed by atoms with Crippen molar-refractivity contribution in [1.82, 2.24) is 0 Å². The van der Waals surface area contributed by atoms with Crippen molar-refractivity contribution in [3.63, 3.8) is 0 Å². The van der Waals surface area contributed by atoms with Crippen LogP contribution in [0, 0.1) is 44.4 Å². The minimum atomic E-state index is -0.904. The van der Waals surface area contributed by atoms with E-state index >= 15 is 0 Å². The van der Waals surface area contributed by atoms with Crippen molar-refractivity contribution in [2.45, 2.75) is 40.0 Å². The largest absolute Gasteiger partial charge is 0.481 e. The van der Waals surface area contributed by atoms with Crippen LogP contribution in [0.15, 0.2) is 18.2 Å². The smallest absolute Gasteiger partial charge is 0.341 e. The fourth-order valence-electron chi connectivity index (χ4n) is 5.48. The lowest BCUT2D eigenvalue weighted by molar-refractivity contribution is -0.148. The summed E-state index contributed by atoms with van der Waals surface area (Å²) in [5.74, 6) is -2.79. The van der Waals surface area contributed by atoms with Gasteiger partial charge in [-0.15, -0.1) is 11.3 Å². The zero-order valence-corrected chi connectivity index (χ0v) is 19.0. The molecule has 0 spiro atoms. The molecule has 6 nitrogen and oxygen atoms in total. The van der Waals surface area contributed by atoms with Gasteiger partial charge in [-0.1, -0.05) is 23.8 Å². The van der Waals surface area contributed by atoms with Crippen LogP contribution in [0.5, 0.6) is 0 Å². The summed E-state index contributed by atoms with van der Waals surface area (Å²) in [5, 5.41) is 13.0. The third-order valence-corrected chi connectivity index (χ3v) is 7.90. The number of aliphatic carboxylic acids is 1. The van der Waals surface area contributed by atoms with E-state index in [9.17, 15) is 19.5 Å². The standard InChI is InChI=1S/C24H27NO5S/c1-11-5-6-12(2)16(9-11)17-13(3)31-22(20(17)24(29)30-4)25-21(26)18-14-7-8-15(10-14)19(18)23(27)28/h5-6,9,14-15,18-19H,7-8,10H2,1-4H3,(H,25,26)(H,27,28)/t14-,15+,18-,19+/m1/s1. The maximum absolute atomic E-state index is 13.2. The Morgan fingerprint density at radius 2 is 1.77 bits per heavy atom. The predicted molar refractivity (Wildman–Crippen MR) is 119 cm³/mol. The summed E-state index contributed by atoms with van der Waals surface area (Å²) in [6.45, 7) is 5.89. The molecule has 1 aromatic carbocycles. The number of carboxylic acids is 1. The summed E-state index contributed by atoms with van der Waals surface area (Å²) < 4.78 is 5.06. The Bertz CT molecular complexity index is 1070. The number of anilines is 1. The third-order valence-electron chi connectivity index (χ3n) is 6.88. The molecule has 2 fully saturated rings. The first-order valence-corrected chi connectivity index (χ1v) is 11.4. The zero-order valence-electron chi connectivity index (χ0n) is 18.2. The van der Waals surface area contributed by atoms with Gasteiger partial charge in [-0.2, -0.15) is 0 Å². The van der Waals surface area contributed by atoms with E-state index in [2.05, 4.69) is 5.32 Å². The summed E-state index contributed by atoms with van der Waals surface area (Å²) in [7, 11) is 1.32. The highest BCUT2D eigenvalue weighted by atomic mass is 32.1. The molecule has 0 radical (unpaired) electrons. The summed E-state index contributed by atoms with van der Waals surface area (Å²) in [4.78, 5) is 38.8. The molecule has 1 amide bonds. The molecule has 2 saturated carbocycles. The van der Waals surface area contributed by atoms with Crippen LogP contribution in [0.2, 0.25) is 0 Å². The number of methoxy groups -OCH3 is 1. The van der Waals surface area contributed by atoms with Gasteiger partial charge in [-0.25, -0.2) is 4.79 Å². The topological polar surface area (TPSA) is 92.7 Å². The number of aryl methyl sites for hydroxylation is 3. The Labute approximate surface area is 185 Å². The van der Waals surface area contributed by atoms with Crippen LogP contribution in [0.4, 0.5) is 5.00 Å². The minimum absolute atomic E-state index is 0.0638. The first-order valence-electron chi connectivity index (χ1n) is 10.6. The molecule has 2 aliphatic rings. The van der Waals surface area contributed by atoms with Crippen molar-refractivity contribution in [2.75, 3.05) is 12.4 Å². The van der Waals surface area contributed by atoms with Crippen molar-refractivity contribution < 1.29 is 24.2 Å². The van der Waals surface area contributed by atoms with Crippen molar-refractivity contribution in [1.29, 1.82) is 0 Å². The fourth-order valence-corrected chi connectivity index (χ4v) is 6.54. The molecule has 2 N–H and O–H groups in total. The number of ether oxygens (including phenoxy) is 1. The van der Waals surface area contributed by atoms with E-state index in [1.54, 1.807) is 0 Å². The second-order valence-electron chi connectivity index (χ2n) is 8.76. The van der Waals surface area contributed by atoms with E-state index in [0.717, 1.165) is 46.4 Å². The fraction of sp³-hybridized carbons (Fsp3) is 0.458. The van der Waals surface area contributed by atoms with Gasteiger partial charge in [-0.05, 0) is 63.0 Å². The van der Waals surface area contributed by atoms with Crippen LogP contribution in [-0.2, 0) is 14.3 Å². The van der Waals surface area contributed by atoms with Crippen LogP contribution >= 0.6 is 11.3 Å². The van der Waals surface area contributed by atoms with Crippen molar-refractivity contribution in [2.24, 2.45) is 23.7 Å². The molecule has 4 rings (SSSR count). The van der Waals surface area contributed by atoms with E-state index in [-0.39, 0.29) is 17.7 Å². The lowest BCUT2D eigenvalue weighted by Gasteiger charge is -2.26. The maximum Gasteiger partial charge on any atom is 0.341 e. The summed E-state index contributed by atoms with van der Waals surface area (Å²) in [6, 6.07) is 6.05.